The maximum atomic E-state index is 13.4. The molecule has 0 spiro atoms. The largest absolute Gasteiger partial charge is 0.497 e. The fourth-order valence-electron chi connectivity index (χ4n) is 3.58. The zero-order valence-electron chi connectivity index (χ0n) is 18.1. The second-order valence-electron chi connectivity index (χ2n) is 7.26. The molecule has 32 heavy (non-hydrogen) atoms. The summed E-state index contributed by atoms with van der Waals surface area (Å²) < 4.78 is 12.3. The number of ether oxygens (including phenoxy) is 2. The molecule has 9 nitrogen and oxygen atoms in total. The summed E-state index contributed by atoms with van der Waals surface area (Å²) in [4.78, 5) is 38.4. The molecule has 0 fully saturated rings. The van der Waals surface area contributed by atoms with Gasteiger partial charge in [0.2, 0.25) is 0 Å². The van der Waals surface area contributed by atoms with Gasteiger partial charge < -0.3 is 24.3 Å². The highest BCUT2D eigenvalue weighted by Gasteiger charge is 2.25. The highest BCUT2D eigenvalue weighted by molar-refractivity contribution is 7.20. The van der Waals surface area contributed by atoms with Gasteiger partial charge in [0.05, 0.1) is 17.4 Å². The van der Waals surface area contributed by atoms with Crippen LogP contribution in [0, 0.1) is 6.92 Å². The maximum Gasteiger partial charge on any atom is 0.262 e. The van der Waals surface area contributed by atoms with Crippen LogP contribution < -0.4 is 15.6 Å². The van der Waals surface area contributed by atoms with Gasteiger partial charge in [-0.3, -0.25) is 9.59 Å². The zero-order valence-corrected chi connectivity index (χ0v) is 18.9. The number of aromatic nitrogens is 4. The number of thiophene rings is 1. The van der Waals surface area contributed by atoms with Gasteiger partial charge in [-0.25, -0.2) is 9.97 Å². The molecule has 0 saturated heterocycles. The summed E-state index contributed by atoms with van der Waals surface area (Å²) in [6, 6.07) is 6.95. The number of imidazole rings is 1. The molecular weight excluding hydrogens is 430 g/mol. The van der Waals surface area contributed by atoms with Crippen LogP contribution in [0.5, 0.6) is 5.75 Å². The summed E-state index contributed by atoms with van der Waals surface area (Å²) in [7, 11) is 4.99. The summed E-state index contributed by atoms with van der Waals surface area (Å²) in [6.07, 6.45) is 3.50. The van der Waals surface area contributed by atoms with Crippen LogP contribution in [-0.4, -0.2) is 39.6 Å². The summed E-state index contributed by atoms with van der Waals surface area (Å²) in [5.41, 5.74) is 1.12. The van der Waals surface area contributed by atoms with Crippen LogP contribution in [0.1, 0.15) is 38.5 Å². The Labute approximate surface area is 188 Å². The number of amides is 1. The van der Waals surface area contributed by atoms with E-state index in [9.17, 15) is 9.59 Å². The van der Waals surface area contributed by atoms with E-state index in [1.165, 1.54) is 18.4 Å². The summed E-state index contributed by atoms with van der Waals surface area (Å²) in [5, 5.41) is 3.49. The van der Waals surface area contributed by atoms with Gasteiger partial charge in [-0.1, -0.05) is 12.1 Å². The Morgan fingerprint density at radius 2 is 2.16 bits per heavy atom. The van der Waals surface area contributed by atoms with Gasteiger partial charge in [0.25, 0.3) is 11.5 Å². The smallest absolute Gasteiger partial charge is 0.262 e. The Balaban J connectivity index is 1.75. The van der Waals surface area contributed by atoms with E-state index in [4.69, 9.17) is 9.47 Å². The molecule has 3 aromatic heterocycles. The van der Waals surface area contributed by atoms with Crippen molar-refractivity contribution in [2.24, 2.45) is 7.05 Å². The molecule has 0 bridgehead atoms. The Morgan fingerprint density at radius 1 is 1.34 bits per heavy atom. The number of carbonyl (C=O) groups is 1. The van der Waals surface area contributed by atoms with Crippen LogP contribution in [0.15, 0.2) is 41.5 Å². The SMILES string of the molecule is COCc1nc2sc(C(=O)NC(c3cccc(OC)c3)c3nccn3C)c(C)c2c(=O)[nH]1. The first kappa shape index (κ1) is 21.7. The normalized spacial score (nSPS) is 12.1. The lowest BCUT2D eigenvalue weighted by atomic mass is 10.1. The van der Waals surface area contributed by atoms with Crippen LogP contribution in [0.4, 0.5) is 0 Å². The molecule has 4 aromatic rings. The molecule has 4 rings (SSSR count). The summed E-state index contributed by atoms with van der Waals surface area (Å²) in [5.74, 6) is 1.45. The number of rotatable bonds is 7. The van der Waals surface area contributed by atoms with E-state index >= 15 is 0 Å². The van der Waals surface area contributed by atoms with E-state index in [1.54, 1.807) is 20.2 Å². The second-order valence-corrected chi connectivity index (χ2v) is 8.26. The first-order chi connectivity index (χ1) is 15.4. The van der Waals surface area contributed by atoms with E-state index in [2.05, 4.69) is 20.3 Å². The molecular formula is C22H23N5O4S. The number of nitrogens with one attached hydrogen (secondary N) is 2. The fraction of sp³-hybridized carbons (Fsp3) is 0.273. The number of hydrogen-bond donors (Lipinski definition) is 2. The molecule has 166 valence electrons. The number of fused-ring (bicyclic) bond motifs is 1. The van der Waals surface area contributed by atoms with Crippen molar-refractivity contribution in [1.29, 1.82) is 0 Å². The Kier molecular flexibility index (Phi) is 6.06. The van der Waals surface area contributed by atoms with Crippen molar-refractivity contribution in [2.75, 3.05) is 14.2 Å². The number of benzene rings is 1. The van der Waals surface area contributed by atoms with Gasteiger partial charge >= 0.3 is 0 Å². The fourth-order valence-corrected chi connectivity index (χ4v) is 4.68. The predicted molar refractivity (Wildman–Crippen MR) is 121 cm³/mol. The Morgan fingerprint density at radius 3 is 2.84 bits per heavy atom. The highest BCUT2D eigenvalue weighted by atomic mass is 32.1. The predicted octanol–water partition coefficient (Wildman–Crippen LogP) is 2.70. The van der Waals surface area contributed by atoms with Gasteiger partial charge in [-0.05, 0) is 30.2 Å². The van der Waals surface area contributed by atoms with Crippen molar-refractivity contribution in [1.82, 2.24) is 24.8 Å². The van der Waals surface area contributed by atoms with Crippen LogP contribution in [0.2, 0.25) is 0 Å². The van der Waals surface area contributed by atoms with Crippen LogP contribution in [0.25, 0.3) is 10.2 Å². The molecule has 1 atom stereocenters. The van der Waals surface area contributed by atoms with Crippen LogP contribution >= 0.6 is 11.3 Å². The van der Waals surface area contributed by atoms with Crippen molar-refractivity contribution >= 4 is 27.5 Å². The minimum atomic E-state index is -0.516. The molecule has 0 aliphatic rings. The summed E-state index contributed by atoms with van der Waals surface area (Å²) in [6.45, 7) is 1.93. The van der Waals surface area contributed by atoms with Crippen molar-refractivity contribution < 1.29 is 14.3 Å². The third-order valence-electron chi connectivity index (χ3n) is 5.16. The molecule has 1 amide bonds. The molecule has 10 heteroatoms. The molecule has 0 radical (unpaired) electrons. The highest BCUT2D eigenvalue weighted by Crippen LogP contribution is 2.29. The monoisotopic (exact) mass is 453 g/mol. The molecule has 0 saturated carbocycles. The topological polar surface area (TPSA) is 111 Å². The molecule has 0 aliphatic carbocycles. The van der Waals surface area contributed by atoms with Gasteiger partial charge in [0, 0.05) is 26.6 Å². The van der Waals surface area contributed by atoms with E-state index in [1.807, 2.05) is 42.1 Å². The van der Waals surface area contributed by atoms with Crippen molar-refractivity contribution in [3.8, 4) is 5.75 Å². The van der Waals surface area contributed by atoms with Crippen LogP contribution in [-0.2, 0) is 18.4 Å². The van der Waals surface area contributed by atoms with Gasteiger partial charge in [-0.2, -0.15) is 0 Å². The molecule has 2 N–H and O–H groups in total. The number of aromatic amines is 1. The number of H-pyrrole nitrogens is 1. The van der Waals surface area contributed by atoms with Gasteiger partial charge in [-0.15, -0.1) is 11.3 Å². The second kappa shape index (κ2) is 8.93. The van der Waals surface area contributed by atoms with Gasteiger partial charge in [0.1, 0.15) is 34.9 Å². The molecule has 1 unspecified atom stereocenters. The van der Waals surface area contributed by atoms with E-state index in [0.717, 1.165) is 5.56 Å². The first-order valence-corrected chi connectivity index (χ1v) is 10.7. The average molecular weight is 454 g/mol. The number of aryl methyl sites for hydroxylation is 2. The Bertz CT molecular complexity index is 1340. The van der Waals surface area contributed by atoms with E-state index < -0.39 is 6.04 Å². The lowest BCUT2D eigenvalue weighted by molar-refractivity contribution is 0.0944. The standard InChI is InChI=1S/C22H23N5O4S/c1-12-16-20(28)24-15(11-30-3)25-22(16)32-18(12)21(29)26-17(19-23-8-9-27(19)2)13-6-5-7-14(10-13)31-4/h5-10,17H,11H2,1-4H3,(H,26,29)(H,24,25,28). The number of carbonyl (C=O) groups excluding carboxylic acids is 1. The lowest BCUT2D eigenvalue weighted by Gasteiger charge is -2.19. The third kappa shape index (κ3) is 4.02. The van der Waals surface area contributed by atoms with Gasteiger partial charge in [0.15, 0.2) is 0 Å². The minimum Gasteiger partial charge on any atom is -0.497 e. The first-order valence-electron chi connectivity index (χ1n) is 9.86. The zero-order chi connectivity index (χ0) is 22.8. The van der Waals surface area contributed by atoms with E-state index in [-0.39, 0.29) is 18.1 Å². The molecule has 0 aliphatic heterocycles. The van der Waals surface area contributed by atoms with Crippen molar-refractivity contribution in [2.45, 2.75) is 19.6 Å². The van der Waals surface area contributed by atoms with Crippen molar-refractivity contribution in [3.63, 3.8) is 0 Å². The molecule has 3 heterocycles. The number of methoxy groups -OCH3 is 2. The summed E-state index contributed by atoms with van der Waals surface area (Å²) >= 11 is 1.18. The minimum absolute atomic E-state index is 0.181. The lowest BCUT2D eigenvalue weighted by Crippen LogP contribution is -2.31. The molecule has 1 aromatic carbocycles. The number of hydrogen-bond acceptors (Lipinski definition) is 7. The quantitative estimate of drug-likeness (QED) is 0.445. The van der Waals surface area contributed by atoms with E-state index in [0.29, 0.717) is 38.1 Å². The average Bonchev–Trinajstić information content (AvgIpc) is 3.35. The third-order valence-corrected chi connectivity index (χ3v) is 6.34. The maximum absolute atomic E-state index is 13.4. The van der Waals surface area contributed by atoms with Crippen molar-refractivity contribution in [3.05, 3.63) is 74.7 Å². The Hall–Kier alpha value is -3.50. The number of nitrogens with zero attached hydrogens (tertiary/aromatic N) is 3. The van der Waals surface area contributed by atoms with Crippen LogP contribution in [0.3, 0.4) is 0 Å².